The van der Waals surface area contributed by atoms with Crippen molar-refractivity contribution in [1.29, 1.82) is 0 Å². The van der Waals surface area contributed by atoms with Crippen LogP contribution in [0.25, 0.3) is 0 Å². The molecule has 4 saturated carbocycles. The fourth-order valence-electron chi connectivity index (χ4n) is 11.0. The van der Waals surface area contributed by atoms with E-state index in [0.717, 1.165) is 36.2 Å². The molecular weight excluding hydrogens is 404 g/mol. The van der Waals surface area contributed by atoms with Gasteiger partial charge in [0.15, 0.2) is 5.78 Å². The summed E-state index contributed by atoms with van der Waals surface area (Å²) in [5.41, 5.74) is 3.14. The highest BCUT2D eigenvalue weighted by molar-refractivity contribution is 6.03. The summed E-state index contributed by atoms with van der Waals surface area (Å²) in [6, 6.07) is 0. The summed E-state index contributed by atoms with van der Waals surface area (Å²) in [4.78, 5) is 25.8. The first-order valence-corrected chi connectivity index (χ1v) is 14.0. The Morgan fingerprint density at radius 1 is 0.848 bits per heavy atom. The Hall–Kier alpha value is -0.920. The third-order valence-electron chi connectivity index (χ3n) is 13.3. The van der Waals surface area contributed by atoms with Crippen LogP contribution in [0.2, 0.25) is 0 Å². The minimum Gasteiger partial charge on any atom is -0.302 e. The van der Waals surface area contributed by atoms with E-state index < -0.39 is 5.41 Å². The van der Waals surface area contributed by atoms with Crippen LogP contribution >= 0.6 is 0 Å². The van der Waals surface area contributed by atoms with Gasteiger partial charge in [0.05, 0.1) is 5.41 Å². The molecule has 2 nitrogen and oxygen atoms in total. The van der Waals surface area contributed by atoms with E-state index >= 15 is 0 Å². The lowest BCUT2D eigenvalue weighted by atomic mass is 9.32. The Bertz CT molecular complexity index is 910. The van der Waals surface area contributed by atoms with Crippen molar-refractivity contribution in [3.8, 4) is 0 Å². The van der Waals surface area contributed by atoms with Gasteiger partial charge in [-0.15, -0.1) is 0 Å². The zero-order chi connectivity index (χ0) is 24.2. The van der Waals surface area contributed by atoms with E-state index in [9.17, 15) is 9.59 Å². The van der Waals surface area contributed by atoms with E-state index in [1.54, 1.807) is 0 Å². The average molecular weight is 453 g/mol. The summed E-state index contributed by atoms with van der Waals surface area (Å²) < 4.78 is 0. The van der Waals surface area contributed by atoms with Crippen LogP contribution in [-0.2, 0) is 9.59 Å². The number of ketones is 1. The Morgan fingerprint density at radius 2 is 1.55 bits per heavy atom. The predicted octanol–water partition coefficient (Wildman–Crippen LogP) is 7.80. The van der Waals surface area contributed by atoms with Gasteiger partial charge >= 0.3 is 0 Å². The van der Waals surface area contributed by atoms with Crippen molar-refractivity contribution < 1.29 is 9.59 Å². The molecule has 0 spiro atoms. The number of allylic oxidation sites excluding steroid dienone is 2. The fraction of sp³-hybridized carbons (Fsp3) is 0.871. The predicted molar refractivity (Wildman–Crippen MR) is 135 cm³/mol. The third kappa shape index (κ3) is 2.73. The molecule has 0 saturated heterocycles. The van der Waals surface area contributed by atoms with Crippen LogP contribution in [0.5, 0.6) is 0 Å². The van der Waals surface area contributed by atoms with E-state index in [0.29, 0.717) is 23.2 Å². The summed E-state index contributed by atoms with van der Waals surface area (Å²) in [5.74, 6) is 3.25. The van der Waals surface area contributed by atoms with Crippen molar-refractivity contribution >= 4 is 12.1 Å². The first-order valence-electron chi connectivity index (χ1n) is 14.0. The van der Waals surface area contributed by atoms with Gasteiger partial charge in [0.25, 0.3) is 0 Å². The topological polar surface area (TPSA) is 34.1 Å². The lowest BCUT2D eigenvalue weighted by Gasteiger charge is -2.72. The molecule has 0 aromatic carbocycles. The Labute approximate surface area is 202 Å². The number of rotatable bonds is 2. The van der Waals surface area contributed by atoms with Crippen LogP contribution in [0, 0.1) is 56.7 Å². The van der Waals surface area contributed by atoms with Gasteiger partial charge < -0.3 is 4.79 Å². The molecule has 5 aliphatic carbocycles. The van der Waals surface area contributed by atoms with E-state index in [-0.39, 0.29) is 22.5 Å². The molecule has 8 atom stereocenters. The van der Waals surface area contributed by atoms with Gasteiger partial charge in [-0.3, -0.25) is 4.79 Å². The standard InChI is InChI=1S/C31H48O2/c1-19(2)25-22(33)17-31(18-32)16-15-29(7)21(26(25)31)9-10-24-28(6)13-11-20(3)27(4,5)23(28)12-14-30(24,29)8/h18-21,23-24H,9-17H2,1-8H3/t20?,21?,23-,24+,28-,29+,30+,31-/m0/s1. The van der Waals surface area contributed by atoms with Crippen molar-refractivity contribution in [2.45, 2.75) is 113 Å². The molecular formula is C31H48O2. The van der Waals surface area contributed by atoms with E-state index in [2.05, 4.69) is 55.4 Å². The van der Waals surface area contributed by atoms with Gasteiger partial charge in [-0.05, 0) is 114 Å². The molecule has 0 bridgehead atoms. The molecule has 0 heterocycles. The minimum absolute atomic E-state index is 0.184. The van der Waals surface area contributed by atoms with E-state index in [1.807, 2.05) is 0 Å². The number of carbonyl (C=O) groups excluding carboxylic acids is 2. The monoisotopic (exact) mass is 452 g/mol. The number of carbonyl (C=O) groups is 2. The van der Waals surface area contributed by atoms with Crippen LogP contribution in [0.1, 0.15) is 113 Å². The summed E-state index contributed by atoms with van der Waals surface area (Å²) in [5, 5.41) is 0. The largest absolute Gasteiger partial charge is 0.302 e. The molecule has 5 rings (SSSR count). The quantitative estimate of drug-likeness (QED) is 0.400. The van der Waals surface area contributed by atoms with Gasteiger partial charge in [0.2, 0.25) is 0 Å². The van der Waals surface area contributed by atoms with E-state index in [4.69, 9.17) is 0 Å². The highest BCUT2D eigenvalue weighted by atomic mass is 16.1. The molecule has 184 valence electrons. The van der Waals surface area contributed by atoms with Crippen LogP contribution in [0.15, 0.2) is 11.1 Å². The molecule has 0 aromatic rings. The molecule has 0 aromatic heterocycles. The van der Waals surface area contributed by atoms with Crippen molar-refractivity contribution in [3.05, 3.63) is 11.1 Å². The number of fused-ring (bicyclic) bond motifs is 7. The zero-order valence-electron chi connectivity index (χ0n) is 22.6. The van der Waals surface area contributed by atoms with Gasteiger partial charge in [-0.25, -0.2) is 0 Å². The van der Waals surface area contributed by atoms with E-state index in [1.165, 1.54) is 50.4 Å². The number of aldehydes is 1. The van der Waals surface area contributed by atoms with Gasteiger partial charge in [0, 0.05) is 6.42 Å². The van der Waals surface area contributed by atoms with Gasteiger partial charge in [-0.2, -0.15) is 0 Å². The molecule has 0 radical (unpaired) electrons. The fourth-order valence-corrected chi connectivity index (χ4v) is 11.0. The van der Waals surface area contributed by atoms with Crippen molar-refractivity contribution in [2.75, 3.05) is 0 Å². The molecule has 2 unspecified atom stereocenters. The lowest BCUT2D eigenvalue weighted by Crippen LogP contribution is -2.65. The molecule has 0 N–H and O–H groups in total. The maximum atomic E-state index is 13.2. The molecule has 5 aliphatic rings. The summed E-state index contributed by atoms with van der Waals surface area (Å²) >= 11 is 0. The molecule has 0 amide bonds. The van der Waals surface area contributed by atoms with Gasteiger partial charge in [-0.1, -0.05) is 55.4 Å². The Morgan fingerprint density at radius 3 is 2.18 bits per heavy atom. The number of hydrogen-bond acceptors (Lipinski definition) is 2. The second kappa shape index (κ2) is 7.07. The smallest absolute Gasteiger partial charge is 0.160 e. The first kappa shape index (κ1) is 23.8. The van der Waals surface area contributed by atoms with Crippen LogP contribution in [0.3, 0.4) is 0 Å². The summed E-state index contributed by atoms with van der Waals surface area (Å²) in [6.07, 6.45) is 11.4. The second-order valence-corrected chi connectivity index (χ2v) is 14.7. The molecule has 4 fully saturated rings. The number of Topliss-reactive ketones (excluding diaryl/α,β-unsaturated/α-hetero) is 1. The minimum atomic E-state index is -0.493. The first-order chi connectivity index (χ1) is 15.3. The summed E-state index contributed by atoms with van der Waals surface area (Å²) in [6.45, 7) is 19.8. The van der Waals surface area contributed by atoms with Crippen LogP contribution < -0.4 is 0 Å². The van der Waals surface area contributed by atoms with Gasteiger partial charge in [0.1, 0.15) is 6.29 Å². The Kier molecular flexibility index (Phi) is 5.10. The van der Waals surface area contributed by atoms with Crippen LogP contribution in [-0.4, -0.2) is 12.1 Å². The maximum Gasteiger partial charge on any atom is 0.160 e. The highest BCUT2D eigenvalue weighted by Crippen LogP contribution is 2.76. The molecule has 33 heavy (non-hydrogen) atoms. The average Bonchev–Trinajstić information content (AvgIpc) is 3.04. The maximum absolute atomic E-state index is 13.2. The SMILES string of the molecule is CC(C)C1=C2C3CC[C@@H]4[C@@]5(C)CCC(C)C(C)(C)[C@@H]5CC[C@@]4(C)[C@]3(C)CC[C@@]2(C=O)CC1=O. The van der Waals surface area contributed by atoms with Crippen molar-refractivity contribution in [1.82, 2.24) is 0 Å². The lowest BCUT2D eigenvalue weighted by molar-refractivity contribution is -0.219. The Balaban J connectivity index is 1.61. The third-order valence-corrected chi connectivity index (χ3v) is 13.3. The summed E-state index contributed by atoms with van der Waals surface area (Å²) in [7, 11) is 0. The second-order valence-electron chi connectivity index (χ2n) is 14.7. The highest BCUT2D eigenvalue weighted by Gasteiger charge is 2.69. The van der Waals surface area contributed by atoms with Crippen LogP contribution in [0.4, 0.5) is 0 Å². The van der Waals surface area contributed by atoms with Crippen molar-refractivity contribution in [3.63, 3.8) is 0 Å². The normalized spacial score (nSPS) is 51.0. The molecule has 0 aliphatic heterocycles. The molecule has 2 heteroatoms. The zero-order valence-corrected chi connectivity index (χ0v) is 22.6. The number of hydrogen-bond donors (Lipinski definition) is 0. The van der Waals surface area contributed by atoms with Crippen molar-refractivity contribution in [2.24, 2.45) is 56.7 Å².